The van der Waals surface area contributed by atoms with E-state index in [1.807, 2.05) is 11.8 Å². The summed E-state index contributed by atoms with van der Waals surface area (Å²) in [5.74, 6) is 1.23. The van der Waals surface area contributed by atoms with E-state index in [4.69, 9.17) is 0 Å². The van der Waals surface area contributed by atoms with E-state index < -0.39 is 0 Å². The fourth-order valence-electron chi connectivity index (χ4n) is 1.39. The minimum Gasteiger partial charge on any atom is -0.315 e. The lowest BCUT2D eigenvalue weighted by Gasteiger charge is -2.23. The van der Waals surface area contributed by atoms with Gasteiger partial charge in [0.1, 0.15) is 0 Å². The highest BCUT2D eigenvalue weighted by Gasteiger charge is 2.10. The summed E-state index contributed by atoms with van der Waals surface area (Å²) in [6.45, 7) is 3.53. The second-order valence-corrected chi connectivity index (χ2v) is 3.98. The molecule has 3 heteroatoms. The van der Waals surface area contributed by atoms with E-state index in [0.29, 0.717) is 0 Å². The topological polar surface area (TPSA) is 24.1 Å². The lowest BCUT2D eigenvalue weighted by Crippen LogP contribution is -2.43. The molecule has 1 aliphatic rings. The van der Waals surface area contributed by atoms with Gasteiger partial charge in [0.15, 0.2) is 0 Å². The van der Waals surface area contributed by atoms with Crippen molar-refractivity contribution in [3.63, 3.8) is 0 Å². The van der Waals surface area contributed by atoms with Gasteiger partial charge < -0.3 is 10.6 Å². The Morgan fingerprint density at radius 2 is 2.55 bits per heavy atom. The molecule has 2 nitrogen and oxygen atoms in total. The molecule has 0 saturated carbocycles. The molecule has 0 aromatic rings. The quantitative estimate of drug-likeness (QED) is 0.613. The molecule has 0 aromatic heterocycles. The Kier molecular flexibility index (Phi) is 4.99. The second-order valence-electron chi connectivity index (χ2n) is 2.99. The van der Waals surface area contributed by atoms with Crippen LogP contribution in [0.2, 0.25) is 0 Å². The highest BCUT2D eigenvalue weighted by Crippen LogP contribution is 2.00. The summed E-state index contributed by atoms with van der Waals surface area (Å²) < 4.78 is 0. The molecule has 0 bridgehead atoms. The predicted octanol–water partition coefficient (Wildman–Crippen LogP) is 0.691. The Morgan fingerprint density at radius 3 is 3.18 bits per heavy atom. The largest absolute Gasteiger partial charge is 0.315 e. The number of nitrogens with one attached hydrogen (secondary N) is 2. The van der Waals surface area contributed by atoms with Crippen molar-refractivity contribution >= 4 is 11.8 Å². The fourth-order valence-corrected chi connectivity index (χ4v) is 1.71. The van der Waals surface area contributed by atoms with Gasteiger partial charge in [0.2, 0.25) is 0 Å². The van der Waals surface area contributed by atoms with Gasteiger partial charge in [-0.15, -0.1) is 0 Å². The number of thioether (sulfide) groups is 1. The van der Waals surface area contributed by atoms with Gasteiger partial charge in [0, 0.05) is 24.9 Å². The molecular weight excluding hydrogens is 156 g/mol. The van der Waals surface area contributed by atoms with Crippen molar-refractivity contribution in [3.05, 3.63) is 0 Å². The van der Waals surface area contributed by atoms with E-state index >= 15 is 0 Å². The van der Waals surface area contributed by atoms with Crippen LogP contribution in [0.4, 0.5) is 0 Å². The normalized spacial score (nSPS) is 25.4. The highest BCUT2D eigenvalue weighted by atomic mass is 32.2. The summed E-state index contributed by atoms with van der Waals surface area (Å²) in [6.07, 6.45) is 4.83. The first kappa shape index (κ1) is 9.36. The van der Waals surface area contributed by atoms with Crippen LogP contribution >= 0.6 is 11.8 Å². The maximum atomic E-state index is 3.54. The zero-order valence-electron chi connectivity index (χ0n) is 7.23. The molecule has 2 N–H and O–H groups in total. The summed E-state index contributed by atoms with van der Waals surface area (Å²) in [4.78, 5) is 0. The molecule has 1 saturated heterocycles. The van der Waals surface area contributed by atoms with Gasteiger partial charge >= 0.3 is 0 Å². The molecule has 0 aliphatic carbocycles. The average molecular weight is 174 g/mol. The van der Waals surface area contributed by atoms with Gasteiger partial charge in [-0.2, -0.15) is 11.8 Å². The van der Waals surface area contributed by atoms with Gasteiger partial charge in [0.05, 0.1) is 0 Å². The molecule has 1 aliphatic heterocycles. The summed E-state index contributed by atoms with van der Waals surface area (Å²) in [7, 11) is 0. The Labute approximate surface area is 73.5 Å². The molecule has 1 fully saturated rings. The van der Waals surface area contributed by atoms with Crippen LogP contribution in [0.5, 0.6) is 0 Å². The van der Waals surface area contributed by atoms with E-state index in [-0.39, 0.29) is 0 Å². The van der Waals surface area contributed by atoms with E-state index in [1.165, 1.54) is 25.1 Å². The van der Waals surface area contributed by atoms with Gasteiger partial charge in [-0.1, -0.05) is 0 Å². The molecule has 0 amide bonds. The van der Waals surface area contributed by atoms with Gasteiger partial charge in [0.25, 0.3) is 0 Å². The van der Waals surface area contributed by atoms with Crippen molar-refractivity contribution in [2.24, 2.45) is 0 Å². The van der Waals surface area contributed by atoms with Crippen LogP contribution in [0.3, 0.4) is 0 Å². The van der Waals surface area contributed by atoms with Crippen molar-refractivity contribution in [1.82, 2.24) is 10.6 Å². The molecule has 66 valence electrons. The zero-order valence-corrected chi connectivity index (χ0v) is 8.04. The first-order valence-electron chi connectivity index (χ1n) is 4.36. The smallest absolute Gasteiger partial charge is 0.0193 e. The molecule has 1 rings (SSSR count). The third kappa shape index (κ3) is 3.99. The van der Waals surface area contributed by atoms with Crippen LogP contribution in [-0.2, 0) is 0 Å². The van der Waals surface area contributed by atoms with E-state index in [0.717, 1.165) is 19.1 Å². The van der Waals surface area contributed by atoms with Crippen LogP contribution in [-0.4, -0.2) is 37.7 Å². The third-order valence-electron chi connectivity index (χ3n) is 2.04. The fraction of sp³-hybridized carbons (Fsp3) is 1.00. The first-order valence-corrected chi connectivity index (χ1v) is 5.76. The SMILES string of the molecule is CSCCNC1CCCNC1. The van der Waals surface area contributed by atoms with E-state index in [9.17, 15) is 0 Å². The molecular formula is C8H18N2S. The lowest BCUT2D eigenvalue weighted by molar-refractivity contribution is 0.398. The average Bonchev–Trinajstić information content (AvgIpc) is 2.07. The Morgan fingerprint density at radius 1 is 1.64 bits per heavy atom. The van der Waals surface area contributed by atoms with Gasteiger partial charge in [-0.3, -0.25) is 0 Å². The lowest BCUT2D eigenvalue weighted by atomic mass is 10.1. The molecule has 1 atom stereocenters. The van der Waals surface area contributed by atoms with Crippen molar-refractivity contribution < 1.29 is 0 Å². The summed E-state index contributed by atoms with van der Waals surface area (Å²) in [6, 6.07) is 0.732. The molecule has 0 aromatic carbocycles. The number of hydrogen-bond acceptors (Lipinski definition) is 3. The minimum absolute atomic E-state index is 0.732. The van der Waals surface area contributed by atoms with Crippen LogP contribution in [0.25, 0.3) is 0 Å². The maximum Gasteiger partial charge on any atom is 0.0193 e. The summed E-state index contributed by atoms with van der Waals surface area (Å²) >= 11 is 1.91. The Bertz CT molecular complexity index is 92.1. The van der Waals surface area contributed by atoms with Crippen molar-refractivity contribution in [2.75, 3.05) is 31.6 Å². The summed E-state index contributed by atoms with van der Waals surface area (Å²) in [5.41, 5.74) is 0. The molecule has 1 unspecified atom stereocenters. The predicted molar refractivity (Wildman–Crippen MR) is 52.3 cm³/mol. The minimum atomic E-state index is 0.732. The van der Waals surface area contributed by atoms with Crippen LogP contribution in [0, 0.1) is 0 Å². The molecule has 11 heavy (non-hydrogen) atoms. The Balaban J connectivity index is 1.96. The zero-order chi connectivity index (χ0) is 7.94. The highest BCUT2D eigenvalue weighted by molar-refractivity contribution is 7.98. The summed E-state index contributed by atoms with van der Waals surface area (Å²) in [5, 5.41) is 6.93. The van der Waals surface area contributed by atoms with Gasteiger partial charge in [-0.05, 0) is 25.6 Å². The third-order valence-corrected chi connectivity index (χ3v) is 2.65. The van der Waals surface area contributed by atoms with Gasteiger partial charge in [-0.25, -0.2) is 0 Å². The van der Waals surface area contributed by atoms with Crippen molar-refractivity contribution in [3.8, 4) is 0 Å². The van der Waals surface area contributed by atoms with E-state index in [2.05, 4.69) is 16.9 Å². The molecule has 0 radical (unpaired) electrons. The monoisotopic (exact) mass is 174 g/mol. The maximum absolute atomic E-state index is 3.54. The number of piperidine rings is 1. The number of rotatable bonds is 4. The van der Waals surface area contributed by atoms with Crippen molar-refractivity contribution in [2.45, 2.75) is 18.9 Å². The van der Waals surface area contributed by atoms with E-state index in [1.54, 1.807) is 0 Å². The molecule has 0 spiro atoms. The Hall–Kier alpha value is 0.270. The van der Waals surface area contributed by atoms with Crippen LogP contribution < -0.4 is 10.6 Å². The van der Waals surface area contributed by atoms with Crippen LogP contribution in [0.15, 0.2) is 0 Å². The second kappa shape index (κ2) is 5.86. The van der Waals surface area contributed by atoms with Crippen LogP contribution in [0.1, 0.15) is 12.8 Å². The molecule has 1 heterocycles. The number of hydrogen-bond donors (Lipinski definition) is 2. The van der Waals surface area contributed by atoms with Crippen molar-refractivity contribution in [1.29, 1.82) is 0 Å². The first-order chi connectivity index (χ1) is 5.43. The standard InChI is InChI=1S/C8H18N2S/c1-11-6-5-10-8-3-2-4-9-7-8/h8-10H,2-7H2,1H3.